The van der Waals surface area contributed by atoms with Crippen molar-refractivity contribution in [1.82, 2.24) is 20.1 Å². The molecular weight excluding hydrogens is 370 g/mol. The Morgan fingerprint density at radius 2 is 1.90 bits per heavy atom. The smallest absolute Gasteiger partial charge is 0.410 e. The van der Waals surface area contributed by atoms with E-state index >= 15 is 0 Å². The highest BCUT2D eigenvalue weighted by Gasteiger charge is 2.33. The second kappa shape index (κ2) is 7.50. The second-order valence-corrected chi connectivity index (χ2v) is 8.80. The maximum atomic E-state index is 12.6. The van der Waals surface area contributed by atoms with Crippen LogP contribution in [-0.4, -0.2) is 50.8 Å². The van der Waals surface area contributed by atoms with Crippen molar-refractivity contribution in [1.29, 1.82) is 0 Å². The molecule has 1 atom stereocenters. The minimum atomic E-state index is -0.540. The number of hydrogen-bond donors (Lipinski definition) is 2. The minimum Gasteiger partial charge on any atom is -0.444 e. The molecule has 1 saturated carbocycles. The van der Waals surface area contributed by atoms with Crippen LogP contribution in [0.15, 0.2) is 24.3 Å². The van der Waals surface area contributed by atoms with Crippen molar-refractivity contribution in [2.24, 2.45) is 5.92 Å². The van der Waals surface area contributed by atoms with Gasteiger partial charge in [0.15, 0.2) is 5.82 Å². The maximum absolute atomic E-state index is 12.6. The fourth-order valence-electron chi connectivity index (χ4n) is 3.36. The van der Waals surface area contributed by atoms with Crippen molar-refractivity contribution in [3.8, 4) is 11.4 Å². The standard InChI is InChI=1S/C21H27N5O3/c1-21(2,3)29-20(28)26-11-10-15(12-26)19(27)22-16-8-6-14(7-9-16)18-23-17(24-25-18)13-4-5-13/h6-9,13,15H,4-5,10-12H2,1-3H3,(H,22,27)(H,23,24,25). The Morgan fingerprint density at radius 1 is 1.17 bits per heavy atom. The summed E-state index contributed by atoms with van der Waals surface area (Å²) in [6.45, 7) is 6.40. The van der Waals surface area contributed by atoms with E-state index in [1.54, 1.807) is 4.90 Å². The zero-order chi connectivity index (χ0) is 20.6. The summed E-state index contributed by atoms with van der Waals surface area (Å²) in [5.41, 5.74) is 1.08. The van der Waals surface area contributed by atoms with Crippen LogP contribution < -0.4 is 5.32 Å². The first-order valence-corrected chi connectivity index (χ1v) is 10.1. The number of carbonyl (C=O) groups is 2. The lowest BCUT2D eigenvalue weighted by molar-refractivity contribution is -0.119. The van der Waals surface area contributed by atoms with Crippen LogP contribution in [0.4, 0.5) is 10.5 Å². The summed E-state index contributed by atoms with van der Waals surface area (Å²) >= 11 is 0. The van der Waals surface area contributed by atoms with Crippen LogP contribution in [0.3, 0.4) is 0 Å². The van der Waals surface area contributed by atoms with E-state index in [9.17, 15) is 9.59 Å². The van der Waals surface area contributed by atoms with Gasteiger partial charge < -0.3 is 15.0 Å². The number of nitrogens with zero attached hydrogens (tertiary/aromatic N) is 3. The number of benzene rings is 1. The largest absolute Gasteiger partial charge is 0.444 e. The number of carbonyl (C=O) groups excluding carboxylic acids is 2. The Kier molecular flexibility index (Phi) is 5.02. The molecule has 1 aliphatic carbocycles. The fraction of sp³-hybridized carbons (Fsp3) is 0.524. The van der Waals surface area contributed by atoms with E-state index in [-0.39, 0.29) is 17.9 Å². The van der Waals surface area contributed by atoms with Crippen LogP contribution in [0.1, 0.15) is 51.8 Å². The van der Waals surface area contributed by atoms with Gasteiger partial charge in [0.2, 0.25) is 5.91 Å². The molecule has 2 aromatic rings. The third kappa shape index (κ3) is 4.75. The molecule has 0 spiro atoms. The molecule has 154 valence electrons. The third-order valence-corrected chi connectivity index (χ3v) is 5.09. The molecule has 1 unspecified atom stereocenters. The molecule has 2 heterocycles. The van der Waals surface area contributed by atoms with E-state index in [1.807, 2.05) is 45.0 Å². The van der Waals surface area contributed by atoms with Crippen molar-refractivity contribution in [2.75, 3.05) is 18.4 Å². The zero-order valence-corrected chi connectivity index (χ0v) is 17.1. The maximum Gasteiger partial charge on any atom is 0.410 e. The van der Waals surface area contributed by atoms with Crippen LogP contribution in [0.25, 0.3) is 11.4 Å². The van der Waals surface area contributed by atoms with Crippen molar-refractivity contribution in [3.63, 3.8) is 0 Å². The molecular formula is C21H27N5O3. The molecule has 4 rings (SSSR count). The Balaban J connectivity index is 1.32. The monoisotopic (exact) mass is 397 g/mol. The third-order valence-electron chi connectivity index (χ3n) is 5.09. The predicted octanol–water partition coefficient (Wildman–Crippen LogP) is 3.54. The normalized spacial score (nSPS) is 19.3. The van der Waals surface area contributed by atoms with Gasteiger partial charge in [0, 0.05) is 30.3 Å². The van der Waals surface area contributed by atoms with Gasteiger partial charge in [0.25, 0.3) is 0 Å². The molecule has 2 fully saturated rings. The molecule has 1 aliphatic heterocycles. The Bertz CT molecular complexity index is 896. The zero-order valence-electron chi connectivity index (χ0n) is 17.1. The molecule has 1 aromatic carbocycles. The van der Waals surface area contributed by atoms with Crippen molar-refractivity contribution < 1.29 is 14.3 Å². The van der Waals surface area contributed by atoms with E-state index in [0.29, 0.717) is 36.9 Å². The van der Waals surface area contributed by atoms with Gasteiger partial charge in [-0.3, -0.25) is 9.89 Å². The number of aromatic nitrogens is 3. The molecule has 2 aliphatic rings. The summed E-state index contributed by atoms with van der Waals surface area (Å²) in [4.78, 5) is 30.9. The van der Waals surface area contributed by atoms with Crippen LogP contribution in [-0.2, 0) is 9.53 Å². The molecule has 1 saturated heterocycles. The molecule has 2 amide bonds. The number of rotatable bonds is 4. The Labute approximate surface area is 170 Å². The lowest BCUT2D eigenvalue weighted by Gasteiger charge is -2.24. The average molecular weight is 397 g/mol. The molecule has 0 radical (unpaired) electrons. The number of ether oxygens (including phenoxy) is 1. The SMILES string of the molecule is CC(C)(C)OC(=O)N1CCC(C(=O)Nc2ccc(-c3n[nH]c(C4CC4)n3)cc2)C1. The topological polar surface area (TPSA) is 100 Å². The number of nitrogens with one attached hydrogen (secondary N) is 2. The summed E-state index contributed by atoms with van der Waals surface area (Å²) in [5.74, 6) is 1.83. The lowest BCUT2D eigenvalue weighted by Crippen LogP contribution is -2.36. The number of anilines is 1. The van der Waals surface area contributed by atoms with Gasteiger partial charge in [-0.15, -0.1) is 0 Å². The summed E-state index contributed by atoms with van der Waals surface area (Å²) in [6, 6.07) is 7.50. The molecule has 0 bridgehead atoms. The average Bonchev–Trinajstić information content (AvgIpc) is 3.19. The van der Waals surface area contributed by atoms with Gasteiger partial charge >= 0.3 is 6.09 Å². The molecule has 2 N–H and O–H groups in total. The van der Waals surface area contributed by atoms with Crippen LogP contribution in [0, 0.1) is 5.92 Å². The number of aromatic amines is 1. The van der Waals surface area contributed by atoms with Crippen molar-refractivity contribution >= 4 is 17.7 Å². The van der Waals surface area contributed by atoms with Gasteiger partial charge in [-0.1, -0.05) is 0 Å². The number of amides is 2. The van der Waals surface area contributed by atoms with Gasteiger partial charge in [0.05, 0.1) is 5.92 Å². The van der Waals surface area contributed by atoms with Crippen LogP contribution >= 0.6 is 0 Å². The highest BCUT2D eigenvalue weighted by molar-refractivity contribution is 5.93. The Morgan fingerprint density at radius 3 is 2.55 bits per heavy atom. The van der Waals surface area contributed by atoms with Gasteiger partial charge in [0.1, 0.15) is 11.4 Å². The molecule has 8 heteroatoms. The van der Waals surface area contributed by atoms with Gasteiger partial charge in [-0.25, -0.2) is 9.78 Å². The van der Waals surface area contributed by atoms with Gasteiger partial charge in [-0.05, 0) is 64.3 Å². The van der Waals surface area contributed by atoms with Crippen LogP contribution in [0.5, 0.6) is 0 Å². The fourth-order valence-corrected chi connectivity index (χ4v) is 3.36. The van der Waals surface area contributed by atoms with E-state index in [2.05, 4.69) is 20.5 Å². The number of hydrogen-bond acceptors (Lipinski definition) is 5. The molecule has 29 heavy (non-hydrogen) atoms. The van der Waals surface area contributed by atoms with E-state index in [1.165, 1.54) is 12.8 Å². The summed E-state index contributed by atoms with van der Waals surface area (Å²) < 4.78 is 5.38. The summed E-state index contributed by atoms with van der Waals surface area (Å²) in [6.07, 6.45) is 2.61. The first-order chi connectivity index (χ1) is 13.8. The van der Waals surface area contributed by atoms with Crippen molar-refractivity contribution in [2.45, 2.75) is 51.6 Å². The van der Waals surface area contributed by atoms with Crippen molar-refractivity contribution in [3.05, 3.63) is 30.1 Å². The first-order valence-electron chi connectivity index (χ1n) is 10.1. The lowest BCUT2D eigenvalue weighted by atomic mass is 10.1. The molecule has 8 nitrogen and oxygen atoms in total. The van der Waals surface area contributed by atoms with Gasteiger partial charge in [-0.2, -0.15) is 5.10 Å². The quantitative estimate of drug-likeness (QED) is 0.822. The number of H-pyrrole nitrogens is 1. The van der Waals surface area contributed by atoms with E-state index in [4.69, 9.17) is 4.74 Å². The highest BCUT2D eigenvalue weighted by Crippen LogP contribution is 2.38. The minimum absolute atomic E-state index is 0.0854. The van der Waals surface area contributed by atoms with E-state index in [0.717, 1.165) is 11.4 Å². The Hall–Kier alpha value is -2.90. The van der Waals surface area contributed by atoms with E-state index < -0.39 is 5.60 Å². The summed E-state index contributed by atoms with van der Waals surface area (Å²) in [5, 5.41) is 10.2. The highest BCUT2D eigenvalue weighted by atomic mass is 16.6. The summed E-state index contributed by atoms with van der Waals surface area (Å²) in [7, 11) is 0. The van der Waals surface area contributed by atoms with Crippen LogP contribution in [0.2, 0.25) is 0 Å². The first kappa shape index (κ1) is 19.4. The predicted molar refractivity (Wildman–Crippen MR) is 108 cm³/mol. The number of likely N-dealkylation sites (tertiary alicyclic amines) is 1. The second-order valence-electron chi connectivity index (χ2n) is 8.80. The molecule has 1 aromatic heterocycles.